The summed E-state index contributed by atoms with van der Waals surface area (Å²) in [7, 11) is 0. The first-order chi connectivity index (χ1) is 5.86. The van der Waals surface area contributed by atoms with Gasteiger partial charge in [0.1, 0.15) is 0 Å². The van der Waals surface area contributed by atoms with Gasteiger partial charge in [0.05, 0.1) is 0 Å². The average molecular weight is 169 g/mol. The Hall–Kier alpha value is -0.0400. The van der Waals surface area contributed by atoms with Crippen LogP contribution in [-0.4, -0.2) is 13.1 Å². The molecule has 1 unspecified atom stereocenters. The molecule has 0 spiro atoms. The van der Waals surface area contributed by atoms with Crippen LogP contribution in [-0.2, 0) is 0 Å². The first-order valence-corrected chi connectivity index (χ1v) is 5.57. The van der Waals surface area contributed by atoms with Crippen molar-refractivity contribution >= 4 is 0 Å². The van der Waals surface area contributed by atoms with Gasteiger partial charge in [-0.05, 0) is 44.2 Å². The Kier molecular flexibility index (Phi) is 4.67. The molecule has 0 aromatic carbocycles. The molecule has 72 valence electrons. The summed E-state index contributed by atoms with van der Waals surface area (Å²) in [5.74, 6) is 1.96. The third-order valence-corrected chi connectivity index (χ3v) is 2.84. The molecule has 1 N–H and O–H groups in total. The van der Waals surface area contributed by atoms with Gasteiger partial charge in [-0.25, -0.2) is 0 Å². The van der Waals surface area contributed by atoms with Crippen LogP contribution in [0.2, 0.25) is 0 Å². The molecule has 1 fully saturated rings. The summed E-state index contributed by atoms with van der Waals surface area (Å²) in [6.07, 6.45) is 7.01. The zero-order valence-corrected chi connectivity index (χ0v) is 8.60. The standard InChI is InChI=1S/C11H23N/c1-3-5-10(4-2)8-12-9-11-6-7-11/h10-12H,3-9H2,1-2H3. The Morgan fingerprint density at radius 2 is 2.08 bits per heavy atom. The number of hydrogen-bond acceptors (Lipinski definition) is 1. The zero-order chi connectivity index (χ0) is 8.81. The van der Waals surface area contributed by atoms with Crippen molar-refractivity contribution in [2.24, 2.45) is 11.8 Å². The Balaban J connectivity index is 1.93. The maximum absolute atomic E-state index is 3.58. The Labute approximate surface area is 76.9 Å². The fraction of sp³-hybridized carbons (Fsp3) is 1.00. The van der Waals surface area contributed by atoms with Crippen LogP contribution in [0.3, 0.4) is 0 Å². The highest BCUT2D eigenvalue weighted by Gasteiger charge is 2.20. The van der Waals surface area contributed by atoms with Crippen molar-refractivity contribution in [2.75, 3.05) is 13.1 Å². The number of rotatable bonds is 7. The van der Waals surface area contributed by atoms with Crippen LogP contribution in [0.25, 0.3) is 0 Å². The summed E-state index contributed by atoms with van der Waals surface area (Å²) in [4.78, 5) is 0. The Morgan fingerprint density at radius 3 is 2.58 bits per heavy atom. The van der Waals surface area contributed by atoms with Crippen molar-refractivity contribution in [2.45, 2.75) is 46.0 Å². The molecule has 0 saturated heterocycles. The van der Waals surface area contributed by atoms with Gasteiger partial charge in [0.2, 0.25) is 0 Å². The second-order valence-electron chi connectivity index (χ2n) is 4.16. The van der Waals surface area contributed by atoms with Gasteiger partial charge in [-0.3, -0.25) is 0 Å². The lowest BCUT2D eigenvalue weighted by Gasteiger charge is -2.14. The molecule has 1 aliphatic carbocycles. The number of nitrogens with one attached hydrogen (secondary N) is 1. The lowest BCUT2D eigenvalue weighted by molar-refractivity contribution is 0.425. The molecule has 0 aromatic heterocycles. The SMILES string of the molecule is CCCC(CC)CNCC1CC1. The van der Waals surface area contributed by atoms with Gasteiger partial charge >= 0.3 is 0 Å². The van der Waals surface area contributed by atoms with E-state index in [1.165, 1.54) is 45.2 Å². The van der Waals surface area contributed by atoms with Crippen LogP contribution >= 0.6 is 0 Å². The third kappa shape index (κ3) is 4.10. The highest BCUT2D eigenvalue weighted by atomic mass is 14.9. The van der Waals surface area contributed by atoms with E-state index in [1.54, 1.807) is 0 Å². The van der Waals surface area contributed by atoms with E-state index in [1.807, 2.05) is 0 Å². The van der Waals surface area contributed by atoms with Crippen molar-refractivity contribution in [3.05, 3.63) is 0 Å². The molecular weight excluding hydrogens is 146 g/mol. The molecule has 0 heterocycles. The van der Waals surface area contributed by atoms with Crippen molar-refractivity contribution < 1.29 is 0 Å². The monoisotopic (exact) mass is 169 g/mol. The maximum Gasteiger partial charge on any atom is -0.00204 e. The van der Waals surface area contributed by atoms with E-state index in [4.69, 9.17) is 0 Å². The molecule has 1 heteroatoms. The van der Waals surface area contributed by atoms with E-state index < -0.39 is 0 Å². The van der Waals surface area contributed by atoms with E-state index in [0.717, 1.165) is 11.8 Å². The van der Waals surface area contributed by atoms with Gasteiger partial charge in [0.15, 0.2) is 0 Å². The zero-order valence-electron chi connectivity index (χ0n) is 8.60. The first-order valence-electron chi connectivity index (χ1n) is 5.57. The summed E-state index contributed by atoms with van der Waals surface area (Å²) in [5.41, 5.74) is 0. The van der Waals surface area contributed by atoms with Gasteiger partial charge < -0.3 is 5.32 Å². The van der Waals surface area contributed by atoms with Crippen LogP contribution in [0.15, 0.2) is 0 Å². The molecule has 1 nitrogen and oxygen atoms in total. The molecule has 0 radical (unpaired) electrons. The molecule has 1 saturated carbocycles. The van der Waals surface area contributed by atoms with Crippen molar-refractivity contribution in [3.63, 3.8) is 0 Å². The topological polar surface area (TPSA) is 12.0 Å². The average Bonchev–Trinajstić information content (AvgIpc) is 2.87. The van der Waals surface area contributed by atoms with E-state index in [0.29, 0.717) is 0 Å². The van der Waals surface area contributed by atoms with E-state index in [2.05, 4.69) is 19.2 Å². The summed E-state index contributed by atoms with van der Waals surface area (Å²) in [5, 5.41) is 3.58. The van der Waals surface area contributed by atoms with Crippen molar-refractivity contribution in [1.29, 1.82) is 0 Å². The van der Waals surface area contributed by atoms with Gasteiger partial charge in [-0.1, -0.05) is 26.7 Å². The van der Waals surface area contributed by atoms with Gasteiger partial charge in [-0.2, -0.15) is 0 Å². The summed E-state index contributed by atoms with van der Waals surface area (Å²) in [6, 6.07) is 0. The highest BCUT2D eigenvalue weighted by molar-refractivity contribution is 4.75. The minimum absolute atomic E-state index is 0.925. The van der Waals surface area contributed by atoms with Gasteiger partial charge in [0, 0.05) is 0 Å². The Bertz CT molecular complexity index is 108. The summed E-state index contributed by atoms with van der Waals surface area (Å²) >= 11 is 0. The second kappa shape index (κ2) is 5.58. The van der Waals surface area contributed by atoms with Crippen LogP contribution in [0.5, 0.6) is 0 Å². The predicted molar refractivity (Wildman–Crippen MR) is 54.3 cm³/mol. The molecule has 1 rings (SSSR count). The number of hydrogen-bond donors (Lipinski definition) is 1. The fourth-order valence-corrected chi connectivity index (χ4v) is 1.67. The molecule has 1 aliphatic rings. The third-order valence-electron chi connectivity index (χ3n) is 2.84. The van der Waals surface area contributed by atoms with Gasteiger partial charge in [0.25, 0.3) is 0 Å². The summed E-state index contributed by atoms with van der Waals surface area (Å²) in [6.45, 7) is 7.11. The molecule has 1 atom stereocenters. The van der Waals surface area contributed by atoms with Crippen LogP contribution in [0.4, 0.5) is 0 Å². The Morgan fingerprint density at radius 1 is 1.33 bits per heavy atom. The molecule has 0 aromatic rings. The quantitative estimate of drug-likeness (QED) is 0.618. The highest BCUT2D eigenvalue weighted by Crippen LogP contribution is 2.27. The lowest BCUT2D eigenvalue weighted by atomic mass is 10.0. The summed E-state index contributed by atoms with van der Waals surface area (Å²) < 4.78 is 0. The second-order valence-corrected chi connectivity index (χ2v) is 4.16. The molecule has 0 aliphatic heterocycles. The maximum atomic E-state index is 3.58. The largest absolute Gasteiger partial charge is 0.316 e. The molecule has 12 heavy (non-hydrogen) atoms. The van der Waals surface area contributed by atoms with Crippen LogP contribution in [0.1, 0.15) is 46.0 Å². The molecule has 0 amide bonds. The van der Waals surface area contributed by atoms with Crippen LogP contribution in [0, 0.1) is 11.8 Å². The molecular formula is C11H23N. The predicted octanol–water partition coefficient (Wildman–Crippen LogP) is 2.81. The van der Waals surface area contributed by atoms with E-state index in [9.17, 15) is 0 Å². The minimum Gasteiger partial charge on any atom is -0.316 e. The lowest BCUT2D eigenvalue weighted by Crippen LogP contribution is -2.24. The minimum atomic E-state index is 0.925. The first kappa shape index (κ1) is 10.0. The van der Waals surface area contributed by atoms with Crippen molar-refractivity contribution in [1.82, 2.24) is 5.32 Å². The van der Waals surface area contributed by atoms with Gasteiger partial charge in [-0.15, -0.1) is 0 Å². The normalized spacial score (nSPS) is 19.5. The van der Waals surface area contributed by atoms with E-state index >= 15 is 0 Å². The molecule has 0 bridgehead atoms. The fourth-order valence-electron chi connectivity index (χ4n) is 1.67. The smallest absolute Gasteiger partial charge is 0.00204 e. The van der Waals surface area contributed by atoms with Crippen molar-refractivity contribution in [3.8, 4) is 0 Å². The van der Waals surface area contributed by atoms with Crippen LogP contribution < -0.4 is 5.32 Å². The van der Waals surface area contributed by atoms with E-state index in [-0.39, 0.29) is 0 Å².